The number of rotatable bonds is 12. The van der Waals surface area contributed by atoms with E-state index in [-0.39, 0.29) is 37.4 Å². The number of hydrogen-bond donors (Lipinski definition) is 4. The normalized spacial score (nSPS) is 19.3. The van der Waals surface area contributed by atoms with Gasteiger partial charge < -0.3 is 26.0 Å². The fraction of sp³-hybridized carbons (Fsp3) is 0.619. The summed E-state index contributed by atoms with van der Waals surface area (Å²) in [6.07, 6.45) is 0.957. The standard InChI is InChI=1S/C21H34N3O6P/c1-17(15-23-19(25)8-7-18-5-3-2-4-6-18)16-31(28,29)30-21(20(26)27)9-12-24(13-10-21)14-11-22/h2-6,17H,7-16,22H2,1H3,(H,23,25)(H,26,27)(H,28,29). The van der Waals surface area contributed by atoms with Crippen LogP contribution in [0, 0.1) is 5.92 Å². The van der Waals surface area contributed by atoms with Gasteiger partial charge in [-0.3, -0.25) is 13.9 Å². The van der Waals surface area contributed by atoms with Gasteiger partial charge in [-0.05, 0) is 17.9 Å². The molecule has 2 rings (SSSR count). The number of amides is 1. The van der Waals surface area contributed by atoms with Crippen molar-refractivity contribution in [3.63, 3.8) is 0 Å². The molecule has 0 saturated carbocycles. The number of carbonyl (C=O) groups is 2. The number of piperidine rings is 1. The quantitative estimate of drug-likeness (QED) is 0.347. The molecule has 9 nitrogen and oxygen atoms in total. The number of nitrogens with two attached hydrogens (primary N) is 1. The van der Waals surface area contributed by atoms with Crippen LogP contribution in [0.25, 0.3) is 0 Å². The van der Waals surface area contributed by atoms with Crippen LogP contribution in [0.3, 0.4) is 0 Å². The van der Waals surface area contributed by atoms with E-state index in [1.54, 1.807) is 6.92 Å². The third-order valence-electron chi connectivity index (χ3n) is 5.49. The summed E-state index contributed by atoms with van der Waals surface area (Å²) in [6.45, 7) is 3.93. The Kier molecular flexibility index (Phi) is 9.65. The van der Waals surface area contributed by atoms with Crippen LogP contribution in [-0.2, 0) is 25.1 Å². The van der Waals surface area contributed by atoms with Crippen LogP contribution in [0.5, 0.6) is 0 Å². The molecule has 1 aromatic carbocycles. The molecule has 5 N–H and O–H groups in total. The van der Waals surface area contributed by atoms with Crippen molar-refractivity contribution in [3.8, 4) is 0 Å². The van der Waals surface area contributed by atoms with Gasteiger partial charge >= 0.3 is 13.6 Å². The lowest BCUT2D eigenvalue weighted by molar-refractivity contribution is -0.160. The van der Waals surface area contributed by atoms with Crippen molar-refractivity contribution in [2.24, 2.45) is 11.7 Å². The summed E-state index contributed by atoms with van der Waals surface area (Å²) in [5.74, 6) is -1.71. The number of benzene rings is 1. The van der Waals surface area contributed by atoms with Crippen LogP contribution in [0.4, 0.5) is 0 Å². The molecule has 0 spiro atoms. The molecule has 1 heterocycles. The highest BCUT2D eigenvalue weighted by molar-refractivity contribution is 7.52. The Morgan fingerprint density at radius 3 is 2.52 bits per heavy atom. The Hall–Kier alpha value is -1.77. The second-order valence-corrected chi connectivity index (χ2v) is 10.1. The average molecular weight is 455 g/mol. The summed E-state index contributed by atoms with van der Waals surface area (Å²) in [5, 5.41) is 12.4. The second kappa shape index (κ2) is 11.7. The van der Waals surface area contributed by atoms with Crippen LogP contribution < -0.4 is 11.1 Å². The van der Waals surface area contributed by atoms with Crippen LogP contribution in [0.15, 0.2) is 30.3 Å². The molecule has 1 aliphatic heterocycles. The van der Waals surface area contributed by atoms with E-state index in [1.165, 1.54) is 0 Å². The Morgan fingerprint density at radius 1 is 1.29 bits per heavy atom. The van der Waals surface area contributed by atoms with E-state index < -0.39 is 19.2 Å². The molecule has 1 amide bonds. The third kappa shape index (κ3) is 8.35. The number of carbonyl (C=O) groups excluding carboxylic acids is 1. The molecule has 0 radical (unpaired) electrons. The number of nitrogens with one attached hydrogen (secondary N) is 1. The summed E-state index contributed by atoms with van der Waals surface area (Å²) in [6, 6.07) is 9.65. The van der Waals surface area contributed by atoms with Crippen LogP contribution >= 0.6 is 7.60 Å². The lowest BCUT2D eigenvalue weighted by atomic mass is 9.92. The number of carboxylic acid groups (broad SMARTS) is 1. The Labute approximate surface area is 183 Å². The Balaban J connectivity index is 1.81. The Bertz CT molecular complexity index is 768. The molecule has 10 heteroatoms. The first-order chi connectivity index (χ1) is 14.7. The van der Waals surface area contributed by atoms with Crippen molar-refractivity contribution in [3.05, 3.63) is 35.9 Å². The smallest absolute Gasteiger partial charge is 0.336 e. The number of likely N-dealkylation sites (tertiary alicyclic amines) is 1. The van der Waals surface area contributed by atoms with Gasteiger partial charge in [-0.2, -0.15) is 0 Å². The average Bonchev–Trinajstić information content (AvgIpc) is 2.72. The minimum absolute atomic E-state index is 0.123. The van der Waals surface area contributed by atoms with Crippen molar-refractivity contribution in [1.29, 1.82) is 0 Å². The Morgan fingerprint density at radius 2 is 1.94 bits per heavy atom. The van der Waals surface area contributed by atoms with Crippen LogP contribution in [-0.4, -0.2) is 71.3 Å². The number of nitrogens with zero attached hydrogens (tertiary/aromatic N) is 1. The molecule has 1 aliphatic rings. The summed E-state index contributed by atoms with van der Waals surface area (Å²) in [5.41, 5.74) is 4.93. The van der Waals surface area contributed by atoms with Crippen molar-refractivity contribution in [2.75, 3.05) is 38.9 Å². The van der Waals surface area contributed by atoms with Gasteiger partial charge in [-0.15, -0.1) is 0 Å². The maximum atomic E-state index is 12.7. The number of hydrogen-bond acceptors (Lipinski definition) is 6. The molecule has 174 valence electrons. The minimum Gasteiger partial charge on any atom is -0.479 e. The van der Waals surface area contributed by atoms with E-state index in [9.17, 15) is 24.2 Å². The van der Waals surface area contributed by atoms with Gasteiger partial charge in [0, 0.05) is 52.0 Å². The SMILES string of the molecule is CC(CNC(=O)CCc1ccccc1)CP(=O)(O)OC1(C(=O)O)CCN(CCN)CC1. The number of aliphatic carboxylic acids is 1. The third-order valence-corrected chi connectivity index (χ3v) is 7.21. The molecular formula is C21H34N3O6P. The van der Waals surface area contributed by atoms with Gasteiger partial charge in [0.1, 0.15) is 0 Å². The second-order valence-electron chi connectivity index (χ2n) is 8.24. The van der Waals surface area contributed by atoms with Gasteiger partial charge in [-0.1, -0.05) is 37.3 Å². The van der Waals surface area contributed by atoms with Gasteiger partial charge in [0.05, 0.1) is 6.16 Å². The molecule has 0 bridgehead atoms. The van der Waals surface area contributed by atoms with E-state index in [0.29, 0.717) is 39.0 Å². The fourth-order valence-corrected chi connectivity index (χ4v) is 5.51. The molecule has 2 unspecified atom stereocenters. The highest BCUT2D eigenvalue weighted by Gasteiger charge is 2.47. The van der Waals surface area contributed by atoms with Crippen LogP contribution in [0.1, 0.15) is 31.7 Å². The topological polar surface area (TPSA) is 142 Å². The van der Waals surface area contributed by atoms with E-state index in [2.05, 4.69) is 5.32 Å². The summed E-state index contributed by atoms with van der Waals surface area (Å²) in [7, 11) is -4.17. The first-order valence-electron chi connectivity index (χ1n) is 10.6. The van der Waals surface area contributed by atoms with Crippen LogP contribution in [0.2, 0.25) is 0 Å². The summed E-state index contributed by atoms with van der Waals surface area (Å²) < 4.78 is 18.1. The molecule has 1 aromatic rings. The number of carboxylic acids is 1. The predicted molar refractivity (Wildman–Crippen MR) is 118 cm³/mol. The van der Waals surface area contributed by atoms with Gasteiger partial charge in [0.15, 0.2) is 5.60 Å². The summed E-state index contributed by atoms with van der Waals surface area (Å²) in [4.78, 5) is 36.3. The van der Waals surface area contributed by atoms with Crippen molar-refractivity contribution < 1.29 is 28.7 Å². The molecule has 1 fully saturated rings. The van der Waals surface area contributed by atoms with E-state index in [4.69, 9.17) is 10.3 Å². The predicted octanol–water partition coefficient (Wildman–Crippen LogP) is 1.45. The molecule has 31 heavy (non-hydrogen) atoms. The van der Waals surface area contributed by atoms with E-state index in [0.717, 1.165) is 5.56 Å². The molecule has 0 aliphatic carbocycles. The molecule has 2 atom stereocenters. The zero-order valence-electron chi connectivity index (χ0n) is 18.0. The van der Waals surface area contributed by atoms with E-state index >= 15 is 0 Å². The fourth-order valence-electron chi connectivity index (χ4n) is 3.71. The number of aryl methyl sites for hydroxylation is 1. The zero-order valence-corrected chi connectivity index (χ0v) is 18.9. The maximum Gasteiger partial charge on any atom is 0.336 e. The largest absolute Gasteiger partial charge is 0.479 e. The molecule has 1 saturated heterocycles. The maximum absolute atomic E-state index is 12.7. The molecular weight excluding hydrogens is 421 g/mol. The highest BCUT2D eigenvalue weighted by Crippen LogP contribution is 2.50. The zero-order chi connectivity index (χ0) is 22.9. The van der Waals surface area contributed by atoms with E-state index in [1.807, 2.05) is 35.2 Å². The minimum atomic E-state index is -4.17. The lowest BCUT2D eigenvalue weighted by Crippen LogP contribution is -2.51. The first-order valence-corrected chi connectivity index (χ1v) is 12.4. The van der Waals surface area contributed by atoms with Gasteiger partial charge in [-0.25, -0.2) is 4.79 Å². The van der Waals surface area contributed by atoms with Gasteiger partial charge in [0.25, 0.3) is 0 Å². The monoisotopic (exact) mass is 455 g/mol. The first kappa shape index (κ1) is 25.5. The van der Waals surface area contributed by atoms with Crippen molar-refractivity contribution in [1.82, 2.24) is 10.2 Å². The molecule has 0 aromatic heterocycles. The highest BCUT2D eigenvalue weighted by atomic mass is 31.2. The van der Waals surface area contributed by atoms with Gasteiger partial charge in [0.2, 0.25) is 5.91 Å². The lowest BCUT2D eigenvalue weighted by Gasteiger charge is -2.39. The summed E-state index contributed by atoms with van der Waals surface area (Å²) >= 11 is 0. The van der Waals surface area contributed by atoms with Crippen molar-refractivity contribution in [2.45, 2.75) is 38.2 Å². The van der Waals surface area contributed by atoms with Crippen molar-refractivity contribution >= 4 is 19.5 Å².